The van der Waals surface area contributed by atoms with Crippen LogP contribution in [0.15, 0.2) is 10.4 Å². The average molecular weight is 329 g/mol. The van der Waals surface area contributed by atoms with Crippen LogP contribution >= 0.6 is 23.1 Å². The molecular formula is C15H28N4S2. The van der Waals surface area contributed by atoms with E-state index in [-0.39, 0.29) is 4.75 Å². The Hall–Kier alpha value is -0.750. The van der Waals surface area contributed by atoms with Gasteiger partial charge in [-0.25, -0.2) is 9.98 Å². The van der Waals surface area contributed by atoms with Crippen LogP contribution in [0.1, 0.15) is 51.2 Å². The number of hydrogen-bond donors (Lipinski definition) is 2. The van der Waals surface area contributed by atoms with Gasteiger partial charge in [-0.3, -0.25) is 0 Å². The molecule has 1 aromatic heterocycles. The Morgan fingerprint density at radius 1 is 1.43 bits per heavy atom. The summed E-state index contributed by atoms with van der Waals surface area (Å²) in [5, 5.41) is 9.98. The van der Waals surface area contributed by atoms with Crippen molar-refractivity contribution in [2.24, 2.45) is 4.99 Å². The highest BCUT2D eigenvalue weighted by molar-refractivity contribution is 7.99. The highest BCUT2D eigenvalue weighted by Gasteiger charge is 2.16. The maximum absolute atomic E-state index is 4.62. The largest absolute Gasteiger partial charge is 0.357 e. The number of thiazole rings is 1. The van der Waals surface area contributed by atoms with Crippen molar-refractivity contribution in [3.8, 4) is 0 Å². The lowest BCUT2D eigenvalue weighted by Crippen LogP contribution is -2.43. The molecule has 21 heavy (non-hydrogen) atoms. The molecule has 0 aliphatic heterocycles. The molecule has 2 N–H and O–H groups in total. The van der Waals surface area contributed by atoms with E-state index in [1.807, 2.05) is 11.8 Å². The molecule has 0 saturated heterocycles. The summed E-state index contributed by atoms with van der Waals surface area (Å²) in [6.45, 7) is 13.2. The van der Waals surface area contributed by atoms with Crippen molar-refractivity contribution in [3.63, 3.8) is 0 Å². The normalized spacial score (nSPS) is 12.8. The van der Waals surface area contributed by atoms with E-state index >= 15 is 0 Å². The molecular weight excluding hydrogens is 300 g/mol. The highest BCUT2D eigenvalue weighted by atomic mass is 32.2. The Morgan fingerprint density at radius 3 is 2.67 bits per heavy atom. The quantitative estimate of drug-likeness (QED) is 0.594. The van der Waals surface area contributed by atoms with Crippen LogP contribution < -0.4 is 10.6 Å². The van der Waals surface area contributed by atoms with Crippen molar-refractivity contribution < 1.29 is 0 Å². The zero-order chi connectivity index (χ0) is 15.9. The molecule has 1 heterocycles. The monoisotopic (exact) mass is 328 g/mol. The summed E-state index contributed by atoms with van der Waals surface area (Å²) >= 11 is 3.57. The molecule has 4 nitrogen and oxygen atoms in total. The maximum atomic E-state index is 4.62. The van der Waals surface area contributed by atoms with Gasteiger partial charge < -0.3 is 10.6 Å². The van der Waals surface area contributed by atoms with E-state index in [2.05, 4.69) is 66.9 Å². The first-order chi connectivity index (χ1) is 9.88. The zero-order valence-corrected chi connectivity index (χ0v) is 15.6. The van der Waals surface area contributed by atoms with Crippen LogP contribution in [0.4, 0.5) is 0 Å². The summed E-state index contributed by atoms with van der Waals surface area (Å²) in [7, 11) is 0. The number of aromatic nitrogens is 1. The zero-order valence-electron chi connectivity index (χ0n) is 14.0. The van der Waals surface area contributed by atoms with Crippen molar-refractivity contribution in [2.45, 2.75) is 51.8 Å². The van der Waals surface area contributed by atoms with Gasteiger partial charge in [-0.05, 0) is 27.0 Å². The molecule has 0 unspecified atom stereocenters. The number of thioether (sulfide) groups is 1. The molecule has 0 fully saturated rings. The maximum Gasteiger partial charge on any atom is 0.191 e. The van der Waals surface area contributed by atoms with Crippen molar-refractivity contribution in [2.75, 3.05) is 19.3 Å². The van der Waals surface area contributed by atoms with E-state index in [0.717, 1.165) is 24.7 Å². The van der Waals surface area contributed by atoms with Crippen LogP contribution in [0.3, 0.4) is 0 Å². The second-order valence-electron chi connectivity index (χ2n) is 5.84. The Morgan fingerprint density at radius 2 is 2.14 bits per heavy atom. The molecule has 0 aromatic carbocycles. The highest BCUT2D eigenvalue weighted by Crippen LogP contribution is 2.20. The van der Waals surface area contributed by atoms with Crippen LogP contribution in [0, 0.1) is 0 Å². The second kappa shape index (κ2) is 8.63. The van der Waals surface area contributed by atoms with Gasteiger partial charge in [0, 0.05) is 29.1 Å². The first kappa shape index (κ1) is 18.3. The Balaban J connectivity index is 2.62. The van der Waals surface area contributed by atoms with Crippen LogP contribution in [0.2, 0.25) is 0 Å². The minimum atomic E-state index is 0.196. The van der Waals surface area contributed by atoms with Gasteiger partial charge in [-0.1, -0.05) is 13.8 Å². The SMILES string of the molecule is CCNC(=NCc1csc(C(C)C)n1)NCC(C)(C)SC. The van der Waals surface area contributed by atoms with Crippen LogP contribution in [-0.4, -0.2) is 35.0 Å². The third kappa shape index (κ3) is 6.70. The molecule has 0 bridgehead atoms. The van der Waals surface area contributed by atoms with Gasteiger partial charge in [0.1, 0.15) is 0 Å². The van der Waals surface area contributed by atoms with E-state index in [1.165, 1.54) is 5.01 Å². The molecule has 0 saturated carbocycles. The number of aliphatic imine (C=N–C) groups is 1. The predicted octanol–water partition coefficient (Wildman–Crippen LogP) is 3.46. The predicted molar refractivity (Wildman–Crippen MR) is 96.6 cm³/mol. The van der Waals surface area contributed by atoms with Gasteiger partial charge in [0.2, 0.25) is 0 Å². The van der Waals surface area contributed by atoms with Crippen LogP contribution in [0.25, 0.3) is 0 Å². The smallest absolute Gasteiger partial charge is 0.191 e. The van der Waals surface area contributed by atoms with Crippen molar-refractivity contribution in [1.29, 1.82) is 0 Å². The molecule has 0 radical (unpaired) electrons. The van der Waals surface area contributed by atoms with E-state index < -0.39 is 0 Å². The summed E-state index contributed by atoms with van der Waals surface area (Å²) < 4.78 is 0.196. The standard InChI is InChI=1S/C15H28N4S2/c1-7-16-14(18-10-15(4,5)20-6)17-8-12-9-21-13(19-12)11(2)3/h9,11H,7-8,10H2,1-6H3,(H2,16,17,18). The summed E-state index contributed by atoms with van der Waals surface area (Å²) in [5.74, 6) is 1.35. The third-order valence-electron chi connectivity index (χ3n) is 3.04. The lowest BCUT2D eigenvalue weighted by atomic mass is 10.2. The van der Waals surface area contributed by atoms with Gasteiger partial charge in [0.05, 0.1) is 17.2 Å². The Labute approximate surface area is 137 Å². The molecule has 1 rings (SSSR count). The number of nitrogens with zero attached hydrogens (tertiary/aromatic N) is 2. The second-order valence-corrected chi connectivity index (χ2v) is 8.25. The number of hydrogen-bond acceptors (Lipinski definition) is 4. The van der Waals surface area contributed by atoms with Crippen molar-refractivity contribution in [1.82, 2.24) is 15.6 Å². The van der Waals surface area contributed by atoms with Gasteiger partial charge in [-0.15, -0.1) is 11.3 Å². The Kier molecular flexibility index (Phi) is 7.52. The van der Waals surface area contributed by atoms with E-state index in [9.17, 15) is 0 Å². The molecule has 0 spiro atoms. The van der Waals surface area contributed by atoms with Gasteiger partial charge in [0.25, 0.3) is 0 Å². The molecule has 120 valence electrons. The number of guanidine groups is 1. The molecule has 0 atom stereocenters. The molecule has 1 aromatic rings. The first-order valence-electron chi connectivity index (χ1n) is 7.39. The van der Waals surface area contributed by atoms with Gasteiger partial charge in [-0.2, -0.15) is 11.8 Å². The van der Waals surface area contributed by atoms with Crippen LogP contribution in [0.5, 0.6) is 0 Å². The third-order valence-corrected chi connectivity index (χ3v) is 5.48. The summed E-state index contributed by atoms with van der Waals surface area (Å²) in [4.78, 5) is 9.24. The van der Waals surface area contributed by atoms with Gasteiger partial charge in [0.15, 0.2) is 5.96 Å². The minimum Gasteiger partial charge on any atom is -0.357 e. The van der Waals surface area contributed by atoms with E-state index in [1.54, 1.807) is 11.3 Å². The minimum absolute atomic E-state index is 0.196. The fourth-order valence-electron chi connectivity index (χ4n) is 1.53. The lowest BCUT2D eigenvalue weighted by Gasteiger charge is -2.23. The molecule has 0 amide bonds. The van der Waals surface area contributed by atoms with E-state index in [0.29, 0.717) is 12.5 Å². The number of rotatable bonds is 7. The van der Waals surface area contributed by atoms with Crippen LogP contribution in [-0.2, 0) is 6.54 Å². The molecule has 0 aliphatic rings. The first-order valence-corrected chi connectivity index (χ1v) is 9.50. The average Bonchev–Trinajstić information content (AvgIpc) is 2.91. The topological polar surface area (TPSA) is 49.3 Å². The lowest BCUT2D eigenvalue weighted by molar-refractivity contribution is 0.664. The summed E-state index contributed by atoms with van der Waals surface area (Å²) in [5.41, 5.74) is 1.05. The number of nitrogens with one attached hydrogen (secondary N) is 2. The fraction of sp³-hybridized carbons (Fsp3) is 0.733. The van der Waals surface area contributed by atoms with Crippen molar-refractivity contribution in [3.05, 3.63) is 16.1 Å². The summed E-state index contributed by atoms with van der Waals surface area (Å²) in [6.07, 6.45) is 2.13. The van der Waals surface area contributed by atoms with Gasteiger partial charge >= 0.3 is 0 Å². The van der Waals surface area contributed by atoms with Crippen molar-refractivity contribution >= 4 is 29.1 Å². The molecule has 0 aliphatic carbocycles. The van der Waals surface area contributed by atoms with E-state index in [4.69, 9.17) is 0 Å². The Bertz CT molecular complexity index is 452. The molecule has 6 heteroatoms. The fourth-order valence-corrected chi connectivity index (χ4v) is 2.57. The summed E-state index contributed by atoms with van der Waals surface area (Å²) in [6, 6.07) is 0.